The van der Waals surface area contributed by atoms with E-state index in [4.69, 9.17) is 5.73 Å². The zero-order chi connectivity index (χ0) is 15.4. The number of aromatic nitrogens is 3. The Labute approximate surface area is 120 Å². The molecule has 0 radical (unpaired) electrons. The first-order valence-corrected chi connectivity index (χ1v) is 6.80. The van der Waals surface area contributed by atoms with Crippen LogP contribution in [0.1, 0.15) is 18.9 Å². The van der Waals surface area contributed by atoms with E-state index in [2.05, 4.69) is 4.98 Å². The van der Waals surface area contributed by atoms with Gasteiger partial charge < -0.3 is 14.9 Å². The number of anilines is 1. The lowest BCUT2D eigenvalue weighted by molar-refractivity contribution is 0.533. The fourth-order valence-corrected chi connectivity index (χ4v) is 2.11. The van der Waals surface area contributed by atoms with Crippen molar-refractivity contribution < 1.29 is 0 Å². The number of hydrogen-bond donors (Lipinski definition) is 2. The number of aryl methyl sites for hydroxylation is 3. The first kappa shape index (κ1) is 14.8. The molecule has 0 fully saturated rings. The summed E-state index contributed by atoms with van der Waals surface area (Å²) in [6.45, 7) is 2.73. The van der Waals surface area contributed by atoms with Crippen LogP contribution in [0, 0.1) is 0 Å². The highest BCUT2D eigenvalue weighted by Crippen LogP contribution is 1.98. The minimum absolute atomic E-state index is 0.132. The molecule has 2 aromatic heterocycles. The summed E-state index contributed by atoms with van der Waals surface area (Å²) in [4.78, 5) is 37.1. The molecule has 0 bridgehead atoms. The minimum Gasteiger partial charge on any atom is -0.398 e. The van der Waals surface area contributed by atoms with E-state index in [1.807, 2.05) is 6.92 Å². The molecule has 112 valence electrons. The van der Waals surface area contributed by atoms with Crippen molar-refractivity contribution in [1.29, 1.82) is 0 Å². The lowest BCUT2D eigenvalue weighted by atomic mass is 10.2. The van der Waals surface area contributed by atoms with Gasteiger partial charge in [-0.25, -0.2) is 4.79 Å². The number of aromatic amines is 1. The molecule has 2 heterocycles. The van der Waals surface area contributed by atoms with Crippen molar-refractivity contribution in [2.24, 2.45) is 0 Å². The normalized spacial score (nSPS) is 10.7. The molecule has 0 atom stereocenters. The Kier molecular flexibility index (Phi) is 4.42. The predicted octanol–water partition coefficient (Wildman–Crippen LogP) is -0.0668. The predicted molar refractivity (Wildman–Crippen MR) is 80.4 cm³/mol. The van der Waals surface area contributed by atoms with E-state index in [9.17, 15) is 14.4 Å². The summed E-state index contributed by atoms with van der Waals surface area (Å²) >= 11 is 0. The number of rotatable bonds is 5. The number of nitrogen functional groups attached to an aromatic ring is 1. The zero-order valence-electron chi connectivity index (χ0n) is 11.8. The van der Waals surface area contributed by atoms with Gasteiger partial charge >= 0.3 is 5.69 Å². The molecule has 0 unspecified atom stereocenters. The first-order valence-electron chi connectivity index (χ1n) is 6.80. The first-order chi connectivity index (χ1) is 10.0. The Bertz CT molecular complexity index is 801. The number of hydrogen-bond acceptors (Lipinski definition) is 4. The number of H-pyrrole nitrogens is 1. The standard InChI is InChI=1S/C14H18N4O3/c1-2-10-8-18(14(21)16-13(10)20)7-3-6-17-9-11(15)4-5-12(17)19/h4-5,8-9H,2-3,6-7,15H2,1H3,(H,16,20,21). The number of pyridine rings is 1. The molecule has 2 rings (SSSR count). The van der Waals surface area contributed by atoms with Gasteiger partial charge in [-0.1, -0.05) is 6.92 Å². The van der Waals surface area contributed by atoms with E-state index in [1.165, 1.54) is 15.2 Å². The molecule has 0 spiro atoms. The van der Waals surface area contributed by atoms with Crippen molar-refractivity contribution in [2.45, 2.75) is 32.9 Å². The smallest absolute Gasteiger partial charge is 0.328 e. The van der Waals surface area contributed by atoms with Gasteiger partial charge in [0.2, 0.25) is 0 Å². The second-order valence-corrected chi connectivity index (χ2v) is 4.81. The highest BCUT2D eigenvalue weighted by atomic mass is 16.2. The number of nitrogens with one attached hydrogen (secondary N) is 1. The molecule has 7 nitrogen and oxygen atoms in total. The second-order valence-electron chi connectivity index (χ2n) is 4.81. The average molecular weight is 290 g/mol. The van der Waals surface area contributed by atoms with Crippen LogP contribution in [0.2, 0.25) is 0 Å². The molecular weight excluding hydrogens is 272 g/mol. The van der Waals surface area contributed by atoms with Gasteiger partial charge in [-0.15, -0.1) is 0 Å². The third-order valence-electron chi connectivity index (χ3n) is 3.27. The van der Waals surface area contributed by atoms with E-state index in [1.54, 1.807) is 18.5 Å². The summed E-state index contributed by atoms with van der Waals surface area (Å²) in [6.07, 6.45) is 4.29. The van der Waals surface area contributed by atoms with Crippen molar-refractivity contribution in [1.82, 2.24) is 14.1 Å². The molecule has 0 aliphatic carbocycles. The van der Waals surface area contributed by atoms with Crippen molar-refractivity contribution in [3.63, 3.8) is 0 Å². The molecule has 0 saturated carbocycles. The van der Waals surface area contributed by atoms with Gasteiger partial charge in [0.1, 0.15) is 0 Å². The van der Waals surface area contributed by atoms with Gasteiger partial charge in [-0.3, -0.25) is 14.6 Å². The summed E-state index contributed by atoms with van der Waals surface area (Å²) < 4.78 is 2.96. The molecule has 0 aliphatic rings. The Balaban J connectivity index is 2.10. The fourth-order valence-electron chi connectivity index (χ4n) is 2.11. The van der Waals surface area contributed by atoms with Gasteiger partial charge in [-0.05, 0) is 18.9 Å². The Morgan fingerprint density at radius 3 is 2.52 bits per heavy atom. The molecular formula is C14H18N4O3. The van der Waals surface area contributed by atoms with Crippen molar-refractivity contribution in [2.75, 3.05) is 5.73 Å². The molecule has 0 aromatic carbocycles. The lowest BCUT2D eigenvalue weighted by Gasteiger charge is -2.09. The highest BCUT2D eigenvalue weighted by Gasteiger charge is 2.03. The summed E-state index contributed by atoms with van der Waals surface area (Å²) in [7, 11) is 0. The lowest BCUT2D eigenvalue weighted by Crippen LogP contribution is -2.32. The van der Waals surface area contributed by atoms with Crippen LogP contribution >= 0.6 is 0 Å². The third-order valence-corrected chi connectivity index (χ3v) is 3.27. The summed E-state index contributed by atoms with van der Waals surface area (Å²) in [5.74, 6) is 0. The van der Waals surface area contributed by atoms with Gasteiger partial charge in [0.25, 0.3) is 11.1 Å². The van der Waals surface area contributed by atoms with Crippen LogP contribution in [0.25, 0.3) is 0 Å². The maximum Gasteiger partial charge on any atom is 0.328 e. The SMILES string of the molecule is CCc1cn(CCCn2cc(N)ccc2=O)c(=O)[nH]c1=O. The highest BCUT2D eigenvalue weighted by molar-refractivity contribution is 5.33. The molecule has 3 N–H and O–H groups in total. The van der Waals surface area contributed by atoms with Crippen LogP contribution in [0.5, 0.6) is 0 Å². The van der Waals surface area contributed by atoms with Crippen LogP contribution in [-0.4, -0.2) is 14.1 Å². The third kappa shape index (κ3) is 3.50. The topological polar surface area (TPSA) is 103 Å². The van der Waals surface area contributed by atoms with E-state index < -0.39 is 5.69 Å². The molecule has 0 saturated heterocycles. The second kappa shape index (κ2) is 6.25. The van der Waals surface area contributed by atoms with E-state index in [0.29, 0.717) is 37.2 Å². The van der Waals surface area contributed by atoms with Crippen LogP contribution < -0.4 is 22.5 Å². The van der Waals surface area contributed by atoms with Crippen LogP contribution in [0.15, 0.2) is 38.9 Å². The number of nitrogens with two attached hydrogens (primary N) is 1. The molecule has 7 heteroatoms. The number of nitrogens with zero attached hydrogens (tertiary/aromatic N) is 2. The summed E-state index contributed by atoms with van der Waals surface area (Å²) in [5.41, 5.74) is 5.81. The van der Waals surface area contributed by atoms with Crippen LogP contribution in [0.3, 0.4) is 0 Å². The minimum atomic E-state index is -0.433. The van der Waals surface area contributed by atoms with Crippen LogP contribution in [0.4, 0.5) is 5.69 Å². The van der Waals surface area contributed by atoms with Gasteiger partial charge in [0.15, 0.2) is 0 Å². The van der Waals surface area contributed by atoms with Gasteiger partial charge in [0.05, 0.1) is 0 Å². The average Bonchev–Trinajstić information content (AvgIpc) is 2.45. The Morgan fingerprint density at radius 1 is 1.10 bits per heavy atom. The molecule has 21 heavy (non-hydrogen) atoms. The van der Waals surface area contributed by atoms with E-state index in [0.717, 1.165) is 0 Å². The molecule has 0 aliphatic heterocycles. The maximum atomic E-state index is 11.7. The van der Waals surface area contributed by atoms with Crippen molar-refractivity contribution in [3.05, 3.63) is 61.3 Å². The molecule has 2 aromatic rings. The largest absolute Gasteiger partial charge is 0.398 e. The Morgan fingerprint density at radius 2 is 1.81 bits per heavy atom. The quantitative estimate of drug-likeness (QED) is 0.804. The monoisotopic (exact) mass is 290 g/mol. The summed E-state index contributed by atoms with van der Waals surface area (Å²) in [6, 6.07) is 2.97. The zero-order valence-corrected chi connectivity index (χ0v) is 11.8. The maximum absolute atomic E-state index is 11.7. The van der Waals surface area contributed by atoms with Gasteiger partial charge in [-0.2, -0.15) is 0 Å². The van der Waals surface area contributed by atoms with Crippen LogP contribution in [-0.2, 0) is 19.5 Å². The van der Waals surface area contributed by atoms with E-state index in [-0.39, 0.29) is 11.1 Å². The fraction of sp³-hybridized carbons (Fsp3) is 0.357. The van der Waals surface area contributed by atoms with Crippen molar-refractivity contribution >= 4 is 5.69 Å². The molecule has 0 amide bonds. The van der Waals surface area contributed by atoms with Gasteiger partial charge in [0, 0.05) is 42.8 Å². The van der Waals surface area contributed by atoms with E-state index >= 15 is 0 Å². The van der Waals surface area contributed by atoms with Crippen molar-refractivity contribution in [3.8, 4) is 0 Å². The summed E-state index contributed by atoms with van der Waals surface area (Å²) in [5, 5.41) is 0. The Hall–Kier alpha value is -2.57.